The number of carbonyl (C=O) groups is 1. The van der Waals surface area contributed by atoms with Crippen LogP contribution < -0.4 is 14.8 Å². The summed E-state index contributed by atoms with van der Waals surface area (Å²) in [6, 6.07) is 13.0. The van der Waals surface area contributed by atoms with E-state index in [2.05, 4.69) is 5.32 Å². The molecule has 1 aliphatic heterocycles. The molecule has 1 atom stereocenters. The number of carbonyl (C=O) groups excluding carboxylic acids is 1. The van der Waals surface area contributed by atoms with E-state index in [0.717, 1.165) is 12.8 Å². The lowest BCUT2D eigenvalue weighted by atomic mass is 10.0. The van der Waals surface area contributed by atoms with E-state index in [1.807, 2.05) is 0 Å². The van der Waals surface area contributed by atoms with Crippen LogP contribution in [0.1, 0.15) is 25.7 Å². The van der Waals surface area contributed by atoms with Crippen LogP contribution in [0.15, 0.2) is 53.4 Å². The van der Waals surface area contributed by atoms with Gasteiger partial charge in [0.2, 0.25) is 15.9 Å². The van der Waals surface area contributed by atoms with Crippen molar-refractivity contribution in [1.82, 2.24) is 4.31 Å². The number of ether oxygens (including phenoxy) is 2. The summed E-state index contributed by atoms with van der Waals surface area (Å²) in [6.07, 6.45) is 2.45. The molecule has 1 fully saturated rings. The Kier molecular flexibility index (Phi) is 6.76. The first kappa shape index (κ1) is 21.1. The minimum absolute atomic E-state index is 0.113. The first-order valence-corrected chi connectivity index (χ1v) is 11.0. The van der Waals surface area contributed by atoms with Crippen molar-refractivity contribution < 1.29 is 22.7 Å². The Hall–Kier alpha value is -2.58. The van der Waals surface area contributed by atoms with Crippen molar-refractivity contribution in [3.05, 3.63) is 48.5 Å². The Morgan fingerprint density at radius 1 is 1.00 bits per heavy atom. The van der Waals surface area contributed by atoms with Gasteiger partial charge in [-0.2, -0.15) is 4.31 Å². The molecule has 2 aromatic carbocycles. The van der Waals surface area contributed by atoms with Crippen LogP contribution in [0.25, 0.3) is 0 Å². The summed E-state index contributed by atoms with van der Waals surface area (Å²) in [5.41, 5.74) is 0.649. The van der Waals surface area contributed by atoms with Crippen molar-refractivity contribution in [3.8, 4) is 11.5 Å². The van der Waals surface area contributed by atoms with Crippen molar-refractivity contribution in [2.45, 2.75) is 36.6 Å². The van der Waals surface area contributed by atoms with E-state index in [4.69, 9.17) is 9.47 Å². The lowest BCUT2D eigenvalue weighted by molar-refractivity contribution is -0.117. The Balaban J connectivity index is 1.71. The summed E-state index contributed by atoms with van der Waals surface area (Å²) in [5.74, 6) is 1.09. The highest BCUT2D eigenvalue weighted by Gasteiger charge is 2.34. The smallest absolute Gasteiger partial charge is 0.243 e. The molecule has 1 heterocycles. The molecule has 1 N–H and O–H groups in total. The molecule has 0 unspecified atom stereocenters. The van der Waals surface area contributed by atoms with Gasteiger partial charge in [0.1, 0.15) is 11.5 Å². The molecule has 0 bridgehead atoms. The SMILES string of the molecule is COc1ccc(NC(=O)C[C@@H]2CCCCN2S(=O)(=O)c2ccc(OC)cc2)cc1. The van der Waals surface area contributed by atoms with Crippen molar-refractivity contribution >= 4 is 21.6 Å². The Labute approximate surface area is 171 Å². The fraction of sp³-hybridized carbons (Fsp3) is 0.381. The molecule has 0 radical (unpaired) electrons. The van der Waals surface area contributed by atoms with E-state index in [-0.39, 0.29) is 23.3 Å². The second kappa shape index (κ2) is 9.28. The van der Waals surface area contributed by atoms with Crippen molar-refractivity contribution in [2.75, 3.05) is 26.1 Å². The van der Waals surface area contributed by atoms with Crippen LogP contribution in [0.2, 0.25) is 0 Å². The zero-order chi connectivity index (χ0) is 20.9. The maximum Gasteiger partial charge on any atom is 0.243 e. The normalized spacial score (nSPS) is 17.5. The maximum absolute atomic E-state index is 13.1. The fourth-order valence-electron chi connectivity index (χ4n) is 3.48. The van der Waals surface area contributed by atoms with E-state index >= 15 is 0 Å². The van der Waals surface area contributed by atoms with Gasteiger partial charge in [0.15, 0.2) is 0 Å². The highest BCUT2D eigenvalue weighted by atomic mass is 32.2. The number of nitrogens with zero attached hydrogens (tertiary/aromatic N) is 1. The van der Waals surface area contributed by atoms with Crippen LogP contribution >= 0.6 is 0 Å². The Morgan fingerprint density at radius 3 is 2.17 bits per heavy atom. The van der Waals surface area contributed by atoms with Gasteiger partial charge in [-0.25, -0.2) is 8.42 Å². The number of benzene rings is 2. The molecule has 1 amide bonds. The van der Waals surface area contributed by atoms with E-state index in [0.29, 0.717) is 30.2 Å². The second-order valence-electron chi connectivity index (χ2n) is 6.92. The lowest BCUT2D eigenvalue weighted by Gasteiger charge is -2.34. The third kappa shape index (κ3) is 5.07. The summed E-state index contributed by atoms with van der Waals surface area (Å²) >= 11 is 0. The molecule has 156 valence electrons. The quantitative estimate of drug-likeness (QED) is 0.746. The molecule has 0 spiro atoms. The summed E-state index contributed by atoms with van der Waals surface area (Å²) in [5, 5.41) is 2.83. The van der Waals surface area contributed by atoms with Gasteiger partial charge < -0.3 is 14.8 Å². The number of nitrogens with one attached hydrogen (secondary N) is 1. The average Bonchev–Trinajstić information content (AvgIpc) is 2.74. The molecule has 3 rings (SSSR count). The first-order valence-electron chi connectivity index (χ1n) is 9.54. The van der Waals surface area contributed by atoms with Crippen molar-refractivity contribution in [1.29, 1.82) is 0 Å². The second-order valence-corrected chi connectivity index (χ2v) is 8.81. The zero-order valence-corrected chi connectivity index (χ0v) is 17.4. The topological polar surface area (TPSA) is 84.9 Å². The Bertz CT molecular complexity index is 927. The van der Waals surface area contributed by atoms with Crippen LogP contribution in [-0.2, 0) is 14.8 Å². The minimum atomic E-state index is -3.68. The maximum atomic E-state index is 13.1. The number of hydrogen-bond donors (Lipinski definition) is 1. The molecule has 1 saturated heterocycles. The standard InChI is InChI=1S/C21H26N2O5S/c1-27-18-8-6-16(7-9-18)22-21(24)15-17-5-3-4-14-23(17)29(25,26)20-12-10-19(28-2)11-13-20/h6-13,17H,3-5,14-15H2,1-2H3,(H,22,24)/t17-/m0/s1. The lowest BCUT2D eigenvalue weighted by Crippen LogP contribution is -2.45. The summed E-state index contributed by atoms with van der Waals surface area (Å²) < 4.78 is 38.0. The minimum Gasteiger partial charge on any atom is -0.497 e. The molecular formula is C21H26N2O5S. The summed E-state index contributed by atoms with van der Waals surface area (Å²) in [6.45, 7) is 0.412. The number of amides is 1. The van der Waals surface area contributed by atoms with E-state index in [9.17, 15) is 13.2 Å². The van der Waals surface area contributed by atoms with E-state index in [1.54, 1.807) is 43.5 Å². The first-order chi connectivity index (χ1) is 13.9. The number of rotatable bonds is 7. The number of anilines is 1. The molecule has 2 aromatic rings. The molecule has 8 heteroatoms. The number of piperidine rings is 1. The largest absolute Gasteiger partial charge is 0.497 e. The van der Waals surface area contributed by atoms with Gasteiger partial charge in [-0.05, 0) is 61.4 Å². The summed E-state index contributed by atoms with van der Waals surface area (Å²) in [7, 11) is -0.571. The molecule has 1 aliphatic rings. The number of hydrogen-bond acceptors (Lipinski definition) is 5. The molecular weight excluding hydrogens is 392 g/mol. The van der Waals surface area contributed by atoms with Crippen molar-refractivity contribution in [3.63, 3.8) is 0 Å². The van der Waals surface area contributed by atoms with Gasteiger partial charge in [-0.3, -0.25) is 4.79 Å². The highest BCUT2D eigenvalue weighted by Crippen LogP contribution is 2.28. The van der Waals surface area contributed by atoms with Gasteiger partial charge in [0.05, 0.1) is 19.1 Å². The zero-order valence-electron chi connectivity index (χ0n) is 16.6. The van der Waals surface area contributed by atoms with Gasteiger partial charge in [-0.1, -0.05) is 6.42 Å². The van der Waals surface area contributed by atoms with Gasteiger partial charge in [0, 0.05) is 24.7 Å². The van der Waals surface area contributed by atoms with Crippen LogP contribution in [0.4, 0.5) is 5.69 Å². The van der Waals surface area contributed by atoms with Crippen LogP contribution in [0.3, 0.4) is 0 Å². The molecule has 0 saturated carbocycles. The van der Waals surface area contributed by atoms with Crippen molar-refractivity contribution in [2.24, 2.45) is 0 Å². The van der Waals surface area contributed by atoms with Gasteiger partial charge in [-0.15, -0.1) is 0 Å². The van der Waals surface area contributed by atoms with Crippen LogP contribution in [0.5, 0.6) is 11.5 Å². The van der Waals surface area contributed by atoms with Crippen LogP contribution in [-0.4, -0.2) is 45.4 Å². The van der Waals surface area contributed by atoms with Gasteiger partial charge >= 0.3 is 0 Å². The molecule has 0 aliphatic carbocycles. The monoisotopic (exact) mass is 418 g/mol. The Morgan fingerprint density at radius 2 is 1.59 bits per heavy atom. The third-order valence-corrected chi connectivity index (χ3v) is 7.00. The number of sulfonamides is 1. The predicted molar refractivity (Wildman–Crippen MR) is 111 cm³/mol. The third-order valence-electron chi connectivity index (χ3n) is 5.03. The van der Waals surface area contributed by atoms with Gasteiger partial charge in [0.25, 0.3) is 0 Å². The number of methoxy groups -OCH3 is 2. The van der Waals surface area contributed by atoms with E-state index in [1.165, 1.54) is 23.5 Å². The molecule has 0 aromatic heterocycles. The van der Waals surface area contributed by atoms with E-state index < -0.39 is 10.0 Å². The highest BCUT2D eigenvalue weighted by molar-refractivity contribution is 7.89. The predicted octanol–water partition coefficient (Wildman–Crippen LogP) is 3.28. The summed E-state index contributed by atoms with van der Waals surface area (Å²) in [4.78, 5) is 12.8. The fourth-order valence-corrected chi connectivity index (χ4v) is 5.17. The molecule has 7 nitrogen and oxygen atoms in total. The van der Waals surface area contributed by atoms with Crippen LogP contribution in [0, 0.1) is 0 Å². The average molecular weight is 419 g/mol. The molecule has 29 heavy (non-hydrogen) atoms.